The smallest absolute Gasteiger partial charge is 0.150 e. The fourth-order valence-electron chi connectivity index (χ4n) is 1.32. The number of anilines is 1. The molecular weight excluding hydrogens is 266 g/mol. The van der Waals surface area contributed by atoms with Crippen LogP contribution in [0.4, 0.5) is 23.2 Å². The Morgan fingerprint density at radius 2 is 1.44 bits per heavy atom. The lowest BCUT2D eigenvalue weighted by Gasteiger charge is -2.07. The Hall–Kier alpha value is -1.69. The molecule has 94 valence electrons. The van der Waals surface area contributed by atoms with E-state index in [9.17, 15) is 17.6 Å². The third-order valence-corrected chi connectivity index (χ3v) is 3.28. The monoisotopic (exact) mass is 273 g/mol. The number of nitrogens with two attached hydrogens (primary N) is 1. The fraction of sp³-hybridized carbons (Fsp3) is 0. The van der Waals surface area contributed by atoms with E-state index in [2.05, 4.69) is 0 Å². The molecule has 0 aliphatic carbocycles. The van der Waals surface area contributed by atoms with Crippen molar-refractivity contribution in [3.8, 4) is 0 Å². The highest BCUT2D eigenvalue weighted by Crippen LogP contribution is 2.35. The molecule has 0 saturated carbocycles. The molecule has 0 heterocycles. The van der Waals surface area contributed by atoms with E-state index >= 15 is 0 Å². The highest BCUT2D eigenvalue weighted by atomic mass is 32.2. The van der Waals surface area contributed by atoms with E-state index in [0.29, 0.717) is 12.1 Å². The van der Waals surface area contributed by atoms with Crippen molar-refractivity contribution in [2.75, 3.05) is 5.73 Å². The minimum absolute atomic E-state index is 0.0353. The van der Waals surface area contributed by atoms with Gasteiger partial charge in [-0.3, -0.25) is 0 Å². The predicted octanol–water partition coefficient (Wildman–Crippen LogP) is 3.98. The van der Waals surface area contributed by atoms with Crippen LogP contribution in [0.3, 0.4) is 0 Å². The van der Waals surface area contributed by atoms with Gasteiger partial charge >= 0.3 is 0 Å². The molecule has 0 aromatic heterocycles. The number of nitrogen functional groups attached to an aromatic ring is 1. The lowest BCUT2D eigenvalue weighted by molar-refractivity contribution is 0.565. The maximum Gasteiger partial charge on any atom is 0.150 e. The van der Waals surface area contributed by atoms with Crippen LogP contribution in [0.25, 0.3) is 0 Å². The largest absolute Gasteiger partial charge is 0.395 e. The van der Waals surface area contributed by atoms with Crippen molar-refractivity contribution in [1.82, 2.24) is 0 Å². The summed E-state index contributed by atoms with van der Waals surface area (Å²) in [5.74, 6) is -3.27. The predicted molar refractivity (Wildman–Crippen MR) is 61.3 cm³/mol. The van der Waals surface area contributed by atoms with E-state index in [4.69, 9.17) is 5.73 Å². The van der Waals surface area contributed by atoms with E-state index in [1.54, 1.807) is 0 Å². The number of rotatable bonds is 2. The molecule has 0 bridgehead atoms. The van der Waals surface area contributed by atoms with Crippen LogP contribution in [-0.2, 0) is 0 Å². The highest BCUT2D eigenvalue weighted by molar-refractivity contribution is 7.99. The lowest BCUT2D eigenvalue weighted by Crippen LogP contribution is -1.95. The van der Waals surface area contributed by atoms with Crippen molar-refractivity contribution in [3.05, 3.63) is 53.6 Å². The molecule has 0 aliphatic rings. The Morgan fingerprint density at radius 1 is 0.778 bits per heavy atom. The molecule has 0 aliphatic heterocycles. The Bertz CT molecular complexity index is 601. The first-order valence-electron chi connectivity index (χ1n) is 4.85. The molecule has 18 heavy (non-hydrogen) atoms. The van der Waals surface area contributed by atoms with Crippen molar-refractivity contribution in [1.29, 1.82) is 0 Å². The van der Waals surface area contributed by atoms with Crippen LogP contribution < -0.4 is 5.73 Å². The van der Waals surface area contributed by atoms with Gasteiger partial charge < -0.3 is 5.73 Å². The molecule has 0 saturated heterocycles. The Morgan fingerprint density at radius 3 is 2.11 bits per heavy atom. The molecule has 0 atom stereocenters. The van der Waals surface area contributed by atoms with Gasteiger partial charge in [0.25, 0.3) is 0 Å². The molecule has 2 aromatic carbocycles. The lowest BCUT2D eigenvalue weighted by atomic mass is 10.3. The van der Waals surface area contributed by atoms with Crippen LogP contribution in [0, 0.1) is 23.3 Å². The number of benzene rings is 2. The van der Waals surface area contributed by atoms with Crippen molar-refractivity contribution in [2.24, 2.45) is 0 Å². The van der Waals surface area contributed by atoms with E-state index in [-0.39, 0.29) is 15.5 Å². The van der Waals surface area contributed by atoms with Gasteiger partial charge in [0.15, 0.2) is 0 Å². The molecule has 6 heteroatoms. The van der Waals surface area contributed by atoms with Gasteiger partial charge in [0.1, 0.15) is 23.3 Å². The second-order valence-corrected chi connectivity index (χ2v) is 4.56. The molecule has 0 spiro atoms. The standard InChI is InChI=1S/C12H7F4NS/c13-6-1-2-10(8(15)3-6)18-11-5-7(14)4-9(16)12(11)17/h1-5H,17H2. The van der Waals surface area contributed by atoms with Crippen molar-refractivity contribution in [3.63, 3.8) is 0 Å². The second-order valence-electron chi connectivity index (χ2n) is 3.48. The zero-order chi connectivity index (χ0) is 13.3. The first-order chi connectivity index (χ1) is 8.47. The van der Waals surface area contributed by atoms with Gasteiger partial charge in [-0.05, 0) is 18.2 Å². The summed E-state index contributed by atoms with van der Waals surface area (Å²) in [4.78, 5) is 0.0751. The summed E-state index contributed by atoms with van der Waals surface area (Å²) in [5, 5.41) is 0. The first-order valence-corrected chi connectivity index (χ1v) is 5.66. The summed E-state index contributed by atoms with van der Waals surface area (Å²) in [7, 11) is 0. The SMILES string of the molecule is Nc1c(F)cc(F)cc1Sc1ccc(F)cc1F. The molecule has 1 nitrogen and oxygen atoms in total. The van der Waals surface area contributed by atoms with Gasteiger partial charge in [-0.2, -0.15) is 0 Å². The van der Waals surface area contributed by atoms with Crippen molar-refractivity contribution < 1.29 is 17.6 Å². The van der Waals surface area contributed by atoms with E-state index in [1.165, 1.54) is 6.07 Å². The summed E-state index contributed by atoms with van der Waals surface area (Å²) in [6.45, 7) is 0. The summed E-state index contributed by atoms with van der Waals surface area (Å²) < 4.78 is 52.3. The van der Waals surface area contributed by atoms with Crippen LogP contribution in [0.2, 0.25) is 0 Å². The average molecular weight is 273 g/mol. The summed E-state index contributed by atoms with van der Waals surface area (Å²) in [6.07, 6.45) is 0. The van der Waals surface area contributed by atoms with Crippen LogP contribution in [0.15, 0.2) is 40.1 Å². The highest BCUT2D eigenvalue weighted by Gasteiger charge is 2.12. The fourth-order valence-corrected chi connectivity index (χ4v) is 2.23. The van der Waals surface area contributed by atoms with Gasteiger partial charge in [-0.25, -0.2) is 17.6 Å². The molecule has 0 amide bonds. The summed E-state index contributed by atoms with van der Waals surface area (Å²) >= 11 is 0.731. The van der Waals surface area contributed by atoms with Gasteiger partial charge in [0.05, 0.1) is 5.69 Å². The zero-order valence-electron chi connectivity index (χ0n) is 8.88. The minimum atomic E-state index is -0.917. The van der Waals surface area contributed by atoms with Crippen LogP contribution in [-0.4, -0.2) is 0 Å². The quantitative estimate of drug-likeness (QED) is 0.661. The van der Waals surface area contributed by atoms with Crippen molar-refractivity contribution >= 4 is 17.4 Å². The van der Waals surface area contributed by atoms with Gasteiger partial charge in [-0.1, -0.05) is 11.8 Å². The second kappa shape index (κ2) is 4.89. The third kappa shape index (κ3) is 2.59. The average Bonchev–Trinajstić information content (AvgIpc) is 2.29. The molecule has 2 rings (SSSR count). The first kappa shape index (κ1) is 12.8. The zero-order valence-corrected chi connectivity index (χ0v) is 9.70. The molecular formula is C12H7F4NS. The molecule has 2 aromatic rings. The number of halogens is 4. The Balaban J connectivity index is 2.40. The minimum Gasteiger partial charge on any atom is -0.395 e. The number of hydrogen-bond acceptors (Lipinski definition) is 2. The van der Waals surface area contributed by atoms with Gasteiger partial charge in [-0.15, -0.1) is 0 Å². The number of hydrogen-bond donors (Lipinski definition) is 1. The topological polar surface area (TPSA) is 26.0 Å². The van der Waals surface area contributed by atoms with E-state index < -0.39 is 23.3 Å². The van der Waals surface area contributed by atoms with Crippen LogP contribution in [0.5, 0.6) is 0 Å². The third-order valence-electron chi connectivity index (χ3n) is 2.17. The van der Waals surface area contributed by atoms with E-state index in [0.717, 1.165) is 23.9 Å². The Kier molecular flexibility index (Phi) is 3.47. The maximum atomic E-state index is 13.4. The van der Waals surface area contributed by atoms with E-state index in [1.807, 2.05) is 0 Å². The normalized spacial score (nSPS) is 10.7. The van der Waals surface area contributed by atoms with Gasteiger partial charge in [0, 0.05) is 21.9 Å². The molecule has 2 N–H and O–H groups in total. The molecule has 0 radical (unpaired) electrons. The summed E-state index contributed by atoms with van der Waals surface area (Å²) in [6, 6.07) is 4.55. The maximum absolute atomic E-state index is 13.4. The molecule has 0 fully saturated rings. The van der Waals surface area contributed by atoms with Crippen molar-refractivity contribution in [2.45, 2.75) is 9.79 Å². The van der Waals surface area contributed by atoms with Gasteiger partial charge in [0.2, 0.25) is 0 Å². The van der Waals surface area contributed by atoms with Crippen LogP contribution >= 0.6 is 11.8 Å². The van der Waals surface area contributed by atoms with Crippen LogP contribution in [0.1, 0.15) is 0 Å². The molecule has 0 unspecified atom stereocenters. The summed E-state index contributed by atoms with van der Waals surface area (Å²) in [5.41, 5.74) is 5.15. The Labute approximate surface area is 105 Å².